The summed E-state index contributed by atoms with van der Waals surface area (Å²) in [6.45, 7) is 6.80. The van der Waals surface area contributed by atoms with Gasteiger partial charge in [-0.15, -0.1) is 0 Å². The summed E-state index contributed by atoms with van der Waals surface area (Å²) in [5, 5.41) is 0. The third kappa shape index (κ3) is 3.43. The Morgan fingerprint density at radius 3 is 2.67 bits per heavy atom. The lowest BCUT2D eigenvalue weighted by Gasteiger charge is -2.24. The number of benzene rings is 1. The zero-order valence-electron chi connectivity index (χ0n) is 12.9. The molecule has 3 rings (SSSR count). The Bertz CT molecular complexity index is 490. The lowest BCUT2D eigenvalue weighted by atomic mass is 9.98. The van der Waals surface area contributed by atoms with E-state index in [0.717, 1.165) is 35.2 Å². The molecule has 4 nitrogen and oxygen atoms in total. The van der Waals surface area contributed by atoms with Gasteiger partial charge in [0.15, 0.2) is 11.5 Å². The van der Waals surface area contributed by atoms with Crippen molar-refractivity contribution in [3.05, 3.63) is 17.7 Å². The van der Waals surface area contributed by atoms with Gasteiger partial charge in [0.2, 0.25) is 0 Å². The molecule has 1 aromatic carbocycles. The number of hydrogen-bond donors (Lipinski definition) is 1. The second-order valence-electron chi connectivity index (χ2n) is 6.18. The lowest BCUT2D eigenvalue weighted by molar-refractivity contribution is 0.171. The first-order valence-corrected chi connectivity index (χ1v) is 8.16. The minimum atomic E-state index is 0.607. The van der Waals surface area contributed by atoms with Crippen molar-refractivity contribution in [2.24, 2.45) is 5.92 Å². The molecule has 0 aromatic heterocycles. The monoisotopic (exact) mass is 290 g/mol. The average molecular weight is 290 g/mol. The van der Waals surface area contributed by atoms with Crippen LogP contribution >= 0.6 is 0 Å². The van der Waals surface area contributed by atoms with Gasteiger partial charge in [-0.3, -0.25) is 4.90 Å². The van der Waals surface area contributed by atoms with Crippen LogP contribution in [0.25, 0.3) is 0 Å². The van der Waals surface area contributed by atoms with Crippen LogP contribution in [0.15, 0.2) is 12.1 Å². The topological polar surface area (TPSA) is 47.7 Å². The first-order valence-electron chi connectivity index (χ1n) is 8.16. The smallest absolute Gasteiger partial charge is 0.163 e. The molecular formula is C17H26N2O2. The highest BCUT2D eigenvalue weighted by atomic mass is 16.6. The molecule has 2 N–H and O–H groups in total. The van der Waals surface area contributed by atoms with Gasteiger partial charge in [-0.1, -0.05) is 13.3 Å². The Morgan fingerprint density at radius 2 is 1.90 bits per heavy atom. The molecule has 0 aliphatic carbocycles. The molecule has 1 unspecified atom stereocenters. The molecule has 0 radical (unpaired) electrons. The van der Waals surface area contributed by atoms with Crippen LogP contribution in [-0.4, -0.2) is 31.2 Å². The first kappa shape index (κ1) is 14.5. The second-order valence-corrected chi connectivity index (χ2v) is 6.18. The van der Waals surface area contributed by atoms with Gasteiger partial charge >= 0.3 is 0 Å². The summed E-state index contributed by atoms with van der Waals surface area (Å²) in [5.74, 6) is 2.52. The Balaban J connectivity index is 1.69. The molecular weight excluding hydrogens is 264 g/mol. The summed E-state index contributed by atoms with van der Waals surface area (Å²) in [4.78, 5) is 2.53. The van der Waals surface area contributed by atoms with Crippen LogP contribution in [0.5, 0.6) is 11.5 Å². The van der Waals surface area contributed by atoms with Gasteiger partial charge in [0.1, 0.15) is 13.2 Å². The summed E-state index contributed by atoms with van der Waals surface area (Å²) in [6, 6.07) is 3.97. The molecule has 2 aliphatic heterocycles. The van der Waals surface area contributed by atoms with E-state index in [-0.39, 0.29) is 0 Å². The third-order valence-electron chi connectivity index (χ3n) is 4.72. The summed E-state index contributed by atoms with van der Waals surface area (Å²) in [5.41, 5.74) is 8.17. The van der Waals surface area contributed by atoms with Crippen LogP contribution in [0, 0.1) is 5.92 Å². The molecule has 0 spiro atoms. The van der Waals surface area contributed by atoms with Gasteiger partial charge in [-0.2, -0.15) is 0 Å². The van der Waals surface area contributed by atoms with Crippen molar-refractivity contribution >= 4 is 5.69 Å². The fourth-order valence-electron chi connectivity index (χ4n) is 3.32. The van der Waals surface area contributed by atoms with E-state index in [4.69, 9.17) is 15.2 Å². The van der Waals surface area contributed by atoms with Crippen LogP contribution in [-0.2, 0) is 6.54 Å². The van der Waals surface area contributed by atoms with E-state index in [9.17, 15) is 0 Å². The molecule has 4 heteroatoms. The zero-order chi connectivity index (χ0) is 14.7. The summed E-state index contributed by atoms with van der Waals surface area (Å²) in [7, 11) is 0. The number of nitrogens with zero attached hydrogens (tertiary/aromatic N) is 1. The van der Waals surface area contributed by atoms with Crippen LogP contribution < -0.4 is 15.2 Å². The lowest BCUT2D eigenvalue weighted by Crippen LogP contribution is -2.25. The summed E-state index contributed by atoms with van der Waals surface area (Å²) >= 11 is 0. The number of anilines is 1. The van der Waals surface area contributed by atoms with E-state index >= 15 is 0 Å². The van der Waals surface area contributed by atoms with Gasteiger partial charge in [0.05, 0.1) is 0 Å². The van der Waals surface area contributed by atoms with Crippen molar-refractivity contribution in [3.63, 3.8) is 0 Å². The molecule has 1 saturated heterocycles. The fourth-order valence-corrected chi connectivity index (χ4v) is 3.32. The van der Waals surface area contributed by atoms with Gasteiger partial charge in [0, 0.05) is 18.3 Å². The maximum absolute atomic E-state index is 6.19. The predicted molar refractivity (Wildman–Crippen MR) is 84.8 cm³/mol. The number of likely N-dealkylation sites (tertiary alicyclic amines) is 1. The van der Waals surface area contributed by atoms with Crippen molar-refractivity contribution in [1.82, 2.24) is 4.90 Å². The van der Waals surface area contributed by atoms with Gasteiger partial charge < -0.3 is 15.2 Å². The molecule has 2 heterocycles. The molecule has 0 saturated carbocycles. The van der Waals surface area contributed by atoms with Crippen molar-refractivity contribution in [2.75, 3.05) is 32.0 Å². The maximum Gasteiger partial charge on any atom is 0.163 e. The number of nitrogen functional groups attached to an aromatic ring is 1. The number of fused-ring (bicyclic) bond motifs is 1. The highest BCUT2D eigenvalue weighted by Crippen LogP contribution is 2.35. The number of rotatable bonds is 3. The average Bonchev–Trinajstić information content (AvgIpc) is 2.73. The van der Waals surface area contributed by atoms with Gasteiger partial charge in [-0.25, -0.2) is 0 Å². The Hall–Kier alpha value is -1.42. The minimum absolute atomic E-state index is 0.607. The van der Waals surface area contributed by atoms with Crippen LogP contribution in [0.1, 0.15) is 38.2 Å². The first-order chi connectivity index (χ1) is 10.3. The normalized spacial score (nSPS) is 22.8. The molecule has 1 aromatic rings. The number of nitrogens with two attached hydrogens (primary N) is 1. The maximum atomic E-state index is 6.19. The SMILES string of the molecule is CCC1CCCN(Cc2cc3c(cc2N)OCCO3)CC1. The second kappa shape index (κ2) is 6.56. The Labute approximate surface area is 127 Å². The van der Waals surface area contributed by atoms with E-state index in [1.807, 2.05) is 6.07 Å². The largest absolute Gasteiger partial charge is 0.486 e. The standard InChI is InChI=1S/C17H26N2O2/c1-2-13-4-3-6-19(7-5-13)12-14-10-16-17(11-15(14)18)21-9-8-20-16/h10-11,13H,2-9,12,18H2,1H3. The molecule has 21 heavy (non-hydrogen) atoms. The highest BCUT2D eigenvalue weighted by Gasteiger charge is 2.19. The molecule has 1 atom stereocenters. The zero-order valence-corrected chi connectivity index (χ0v) is 12.9. The van der Waals surface area contributed by atoms with E-state index < -0.39 is 0 Å². The molecule has 1 fully saturated rings. The molecule has 2 aliphatic rings. The van der Waals surface area contributed by atoms with Crippen LogP contribution in [0.3, 0.4) is 0 Å². The summed E-state index contributed by atoms with van der Waals surface area (Å²) in [6.07, 6.45) is 5.27. The Kier molecular flexibility index (Phi) is 4.54. The minimum Gasteiger partial charge on any atom is -0.486 e. The van der Waals surface area contributed by atoms with Crippen LogP contribution in [0.2, 0.25) is 0 Å². The number of ether oxygens (including phenoxy) is 2. The van der Waals surface area contributed by atoms with Gasteiger partial charge in [-0.05, 0) is 49.9 Å². The van der Waals surface area contributed by atoms with E-state index in [1.165, 1.54) is 38.8 Å². The van der Waals surface area contributed by atoms with Crippen molar-refractivity contribution in [3.8, 4) is 11.5 Å². The molecule has 0 bridgehead atoms. The Morgan fingerprint density at radius 1 is 1.14 bits per heavy atom. The molecule has 0 amide bonds. The van der Waals surface area contributed by atoms with Crippen LogP contribution in [0.4, 0.5) is 5.69 Å². The van der Waals surface area contributed by atoms with Crippen molar-refractivity contribution in [1.29, 1.82) is 0 Å². The molecule has 116 valence electrons. The highest BCUT2D eigenvalue weighted by molar-refractivity contribution is 5.58. The van der Waals surface area contributed by atoms with E-state index in [2.05, 4.69) is 17.9 Å². The fraction of sp³-hybridized carbons (Fsp3) is 0.647. The number of hydrogen-bond acceptors (Lipinski definition) is 4. The van der Waals surface area contributed by atoms with Gasteiger partial charge in [0.25, 0.3) is 0 Å². The van der Waals surface area contributed by atoms with Crippen molar-refractivity contribution < 1.29 is 9.47 Å². The van der Waals surface area contributed by atoms with E-state index in [1.54, 1.807) is 0 Å². The predicted octanol–water partition coefficient (Wildman–Crippen LogP) is 3.05. The van der Waals surface area contributed by atoms with Crippen molar-refractivity contribution in [2.45, 2.75) is 39.2 Å². The summed E-state index contributed by atoms with van der Waals surface area (Å²) < 4.78 is 11.2. The quantitative estimate of drug-likeness (QED) is 0.869. The third-order valence-corrected chi connectivity index (χ3v) is 4.72. The van der Waals surface area contributed by atoms with E-state index in [0.29, 0.717) is 13.2 Å².